The summed E-state index contributed by atoms with van der Waals surface area (Å²) in [6.07, 6.45) is 8.27. The van der Waals surface area contributed by atoms with Gasteiger partial charge in [0.1, 0.15) is 0 Å². The maximum absolute atomic E-state index is 3.64. The zero-order valence-corrected chi connectivity index (χ0v) is 10.5. The molecule has 0 bridgehead atoms. The first-order valence-electron chi connectivity index (χ1n) is 6.21. The molecular weight excluding hydrogens is 190 g/mol. The van der Waals surface area contributed by atoms with Crippen LogP contribution in [0.1, 0.15) is 52.4 Å². The molecule has 0 aromatic rings. The van der Waals surface area contributed by atoms with E-state index in [1.807, 2.05) is 0 Å². The van der Waals surface area contributed by atoms with Crippen LogP contribution in [-0.2, 0) is 0 Å². The summed E-state index contributed by atoms with van der Waals surface area (Å²) in [6.45, 7) is 5.73. The van der Waals surface area contributed by atoms with Crippen LogP contribution in [0.2, 0.25) is 0 Å². The van der Waals surface area contributed by atoms with Crippen molar-refractivity contribution in [3.63, 3.8) is 0 Å². The molecule has 2 unspecified atom stereocenters. The van der Waals surface area contributed by atoms with Gasteiger partial charge in [0, 0.05) is 11.3 Å². The van der Waals surface area contributed by atoms with Crippen molar-refractivity contribution in [3.8, 4) is 0 Å². The number of hydrogen-bond donors (Lipinski definition) is 1. The van der Waals surface area contributed by atoms with E-state index in [1.54, 1.807) is 0 Å². The Hall–Kier alpha value is 0.310. The standard InChI is InChI=1S/C12H25NS/c1-3-5-9-14-12-7-6-11(10-12)13-8-4-2/h11-13H,3-10H2,1-2H3. The van der Waals surface area contributed by atoms with Gasteiger partial charge in [-0.15, -0.1) is 0 Å². The van der Waals surface area contributed by atoms with E-state index in [0.717, 1.165) is 11.3 Å². The zero-order chi connectivity index (χ0) is 10.2. The average molecular weight is 215 g/mol. The lowest BCUT2D eigenvalue weighted by Crippen LogP contribution is -2.27. The van der Waals surface area contributed by atoms with Gasteiger partial charge in [0.2, 0.25) is 0 Å². The molecule has 1 aliphatic carbocycles. The Morgan fingerprint density at radius 1 is 1.21 bits per heavy atom. The molecule has 0 radical (unpaired) electrons. The minimum absolute atomic E-state index is 0.828. The van der Waals surface area contributed by atoms with Gasteiger partial charge >= 0.3 is 0 Å². The quantitative estimate of drug-likeness (QED) is 0.653. The fourth-order valence-corrected chi connectivity index (χ4v) is 3.48. The van der Waals surface area contributed by atoms with Crippen LogP contribution < -0.4 is 5.32 Å². The molecule has 0 aliphatic heterocycles. The second-order valence-corrected chi connectivity index (χ2v) is 5.72. The summed E-state index contributed by atoms with van der Waals surface area (Å²) in [6, 6.07) is 0.828. The molecule has 1 aliphatic rings. The minimum atomic E-state index is 0.828. The van der Waals surface area contributed by atoms with Crippen LogP contribution in [0.3, 0.4) is 0 Å². The van der Waals surface area contributed by atoms with Crippen LogP contribution in [-0.4, -0.2) is 23.6 Å². The van der Waals surface area contributed by atoms with Crippen molar-refractivity contribution < 1.29 is 0 Å². The van der Waals surface area contributed by atoms with Gasteiger partial charge in [-0.25, -0.2) is 0 Å². The maximum Gasteiger partial charge on any atom is 0.00779 e. The van der Waals surface area contributed by atoms with Gasteiger partial charge in [-0.1, -0.05) is 20.3 Å². The van der Waals surface area contributed by atoms with Crippen molar-refractivity contribution >= 4 is 11.8 Å². The molecule has 0 spiro atoms. The lowest BCUT2D eigenvalue weighted by molar-refractivity contribution is 0.524. The van der Waals surface area contributed by atoms with Crippen LogP contribution in [0.15, 0.2) is 0 Å². The fraction of sp³-hybridized carbons (Fsp3) is 1.00. The van der Waals surface area contributed by atoms with Crippen molar-refractivity contribution in [2.24, 2.45) is 0 Å². The van der Waals surface area contributed by atoms with Gasteiger partial charge in [0.25, 0.3) is 0 Å². The van der Waals surface area contributed by atoms with Crippen LogP contribution in [0.5, 0.6) is 0 Å². The van der Waals surface area contributed by atoms with E-state index < -0.39 is 0 Å². The van der Waals surface area contributed by atoms with Crippen molar-refractivity contribution in [2.45, 2.75) is 63.7 Å². The third-order valence-corrected chi connectivity index (χ3v) is 4.34. The number of hydrogen-bond acceptors (Lipinski definition) is 2. The van der Waals surface area contributed by atoms with Gasteiger partial charge in [-0.05, 0) is 44.4 Å². The van der Waals surface area contributed by atoms with Crippen LogP contribution in [0.25, 0.3) is 0 Å². The molecule has 2 heteroatoms. The van der Waals surface area contributed by atoms with Crippen molar-refractivity contribution in [3.05, 3.63) is 0 Å². The van der Waals surface area contributed by atoms with Gasteiger partial charge in [-0.3, -0.25) is 0 Å². The Morgan fingerprint density at radius 2 is 2.07 bits per heavy atom. The molecule has 1 fully saturated rings. The third-order valence-electron chi connectivity index (χ3n) is 2.92. The van der Waals surface area contributed by atoms with Crippen molar-refractivity contribution in [1.82, 2.24) is 5.32 Å². The molecular formula is C12H25NS. The van der Waals surface area contributed by atoms with Crippen LogP contribution >= 0.6 is 11.8 Å². The number of thioether (sulfide) groups is 1. The summed E-state index contributed by atoms with van der Waals surface area (Å²) in [5.41, 5.74) is 0. The van der Waals surface area contributed by atoms with E-state index in [9.17, 15) is 0 Å². The normalized spacial score (nSPS) is 27.0. The second kappa shape index (κ2) is 7.58. The SMILES string of the molecule is CCCCSC1CCC(NCCC)C1. The predicted molar refractivity (Wildman–Crippen MR) is 67.1 cm³/mol. The highest BCUT2D eigenvalue weighted by Crippen LogP contribution is 2.30. The van der Waals surface area contributed by atoms with Gasteiger partial charge in [-0.2, -0.15) is 11.8 Å². The summed E-state index contributed by atoms with van der Waals surface area (Å²) < 4.78 is 0. The molecule has 1 N–H and O–H groups in total. The minimum Gasteiger partial charge on any atom is -0.314 e. The summed E-state index contributed by atoms with van der Waals surface area (Å²) in [7, 11) is 0. The van der Waals surface area contributed by atoms with Gasteiger partial charge < -0.3 is 5.32 Å². The number of nitrogens with one attached hydrogen (secondary N) is 1. The molecule has 0 heterocycles. The Bertz CT molecular complexity index is 138. The van der Waals surface area contributed by atoms with Crippen LogP contribution in [0.4, 0.5) is 0 Å². The lowest BCUT2D eigenvalue weighted by Gasteiger charge is -2.12. The van der Waals surface area contributed by atoms with Crippen molar-refractivity contribution in [1.29, 1.82) is 0 Å². The Balaban J connectivity index is 2.02. The average Bonchev–Trinajstić information content (AvgIpc) is 2.63. The van der Waals surface area contributed by atoms with E-state index in [1.165, 1.54) is 50.8 Å². The highest BCUT2D eigenvalue weighted by Gasteiger charge is 2.23. The second-order valence-electron chi connectivity index (χ2n) is 4.31. The molecule has 0 amide bonds. The monoisotopic (exact) mass is 215 g/mol. The zero-order valence-electron chi connectivity index (χ0n) is 9.72. The first kappa shape index (κ1) is 12.4. The molecule has 0 aromatic carbocycles. The topological polar surface area (TPSA) is 12.0 Å². The molecule has 2 atom stereocenters. The Kier molecular flexibility index (Phi) is 6.70. The number of rotatable bonds is 7. The molecule has 84 valence electrons. The molecule has 1 rings (SSSR count). The predicted octanol–water partition coefficient (Wildman–Crippen LogP) is 3.44. The highest BCUT2D eigenvalue weighted by atomic mass is 32.2. The van der Waals surface area contributed by atoms with E-state index in [2.05, 4.69) is 30.9 Å². The summed E-state index contributed by atoms with van der Waals surface area (Å²) in [5, 5.41) is 4.59. The van der Waals surface area contributed by atoms with E-state index in [4.69, 9.17) is 0 Å². The fourth-order valence-electron chi connectivity index (χ4n) is 2.02. The number of unbranched alkanes of at least 4 members (excludes halogenated alkanes) is 1. The Labute approximate surface area is 93.4 Å². The largest absolute Gasteiger partial charge is 0.314 e. The van der Waals surface area contributed by atoms with E-state index in [-0.39, 0.29) is 0 Å². The molecule has 0 saturated heterocycles. The molecule has 1 saturated carbocycles. The lowest BCUT2D eigenvalue weighted by atomic mass is 10.2. The first-order chi connectivity index (χ1) is 6.86. The summed E-state index contributed by atoms with van der Waals surface area (Å²) in [5.74, 6) is 1.38. The summed E-state index contributed by atoms with van der Waals surface area (Å²) in [4.78, 5) is 0. The van der Waals surface area contributed by atoms with Gasteiger partial charge in [0.05, 0.1) is 0 Å². The maximum atomic E-state index is 3.64. The van der Waals surface area contributed by atoms with Gasteiger partial charge in [0.15, 0.2) is 0 Å². The molecule has 0 aromatic heterocycles. The van der Waals surface area contributed by atoms with Crippen molar-refractivity contribution in [2.75, 3.05) is 12.3 Å². The molecule has 1 nitrogen and oxygen atoms in total. The van der Waals surface area contributed by atoms with E-state index >= 15 is 0 Å². The summed E-state index contributed by atoms with van der Waals surface area (Å²) >= 11 is 2.21. The smallest absolute Gasteiger partial charge is 0.00779 e. The third kappa shape index (κ3) is 4.70. The molecule has 14 heavy (non-hydrogen) atoms. The first-order valence-corrected chi connectivity index (χ1v) is 7.26. The Morgan fingerprint density at radius 3 is 2.79 bits per heavy atom. The highest BCUT2D eigenvalue weighted by molar-refractivity contribution is 7.99. The van der Waals surface area contributed by atoms with Crippen LogP contribution in [0, 0.1) is 0 Å². The van der Waals surface area contributed by atoms with E-state index in [0.29, 0.717) is 0 Å².